The lowest BCUT2D eigenvalue weighted by molar-refractivity contribution is -0.173. The van der Waals surface area contributed by atoms with Crippen molar-refractivity contribution >= 4 is 17.5 Å². The van der Waals surface area contributed by atoms with Crippen LogP contribution in [0.1, 0.15) is 48.0 Å². The predicted molar refractivity (Wildman–Crippen MR) is 86.8 cm³/mol. The lowest BCUT2D eigenvalue weighted by Crippen LogP contribution is -2.55. The first-order chi connectivity index (χ1) is 10.5. The van der Waals surface area contributed by atoms with E-state index >= 15 is 0 Å². The molecule has 0 aromatic rings. The van der Waals surface area contributed by atoms with Gasteiger partial charge in [-0.1, -0.05) is 40.3 Å². The van der Waals surface area contributed by atoms with Crippen LogP contribution in [-0.2, 0) is 23.9 Å². The summed E-state index contributed by atoms with van der Waals surface area (Å²) in [5.41, 5.74) is -2.30. The van der Waals surface area contributed by atoms with E-state index in [1.165, 1.54) is 6.08 Å². The summed E-state index contributed by atoms with van der Waals surface area (Å²) in [7, 11) is 0. The van der Waals surface area contributed by atoms with Gasteiger partial charge in [-0.15, -0.1) is 0 Å². The molecule has 0 saturated carbocycles. The molecule has 130 valence electrons. The standard InChI is InChI=1S/C18H28O5/c1-8-9-22-16(21)14(11(2)3)15(20)18(12(4)5)13(19)10-17(6,7)23-18/h8,11-12,14H,1,9-10H2,2-7H3. The fraction of sp³-hybridized carbons (Fsp3) is 0.722. The number of hydrogen-bond donors (Lipinski definition) is 0. The number of esters is 1. The van der Waals surface area contributed by atoms with Crippen molar-refractivity contribution in [2.75, 3.05) is 6.61 Å². The molecule has 2 unspecified atom stereocenters. The molecular weight excluding hydrogens is 296 g/mol. The van der Waals surface area contributed by atoms with Crippen LogP contribution in [-0.4, -0.2) is 35.3 Å². The predicted octanol–water partition coefficient (Wildman–Crippen LogP) is 2.72. The minimum absolute atomic E-state index is 0.0321. The highest BCUT2D eigenvalue weighted by molar-refractivity contribution is 6.17. The number of carbonyl (C=O) groups is 3. The van der Waals surface area contributed by atoms with Crippen molar-refractivity contribution in [1.29, 1.82) is 0 Å². The second kappa shape index (κ2) is 6.95. The molecule has 1 saturated heterocycles. The minimum atomic E-state index is -1.58. The monoisotopic (exact) mass is 324 g/mol. The maximum Gasteiger partial charge on any atom is 0.317 e. The SMILES string of the molecule is C=CCOC(=O)C(C(=O)C1(C(C)C)OC(C)(C)CC1=O)C(C)C. The van der Waals surface area contributed by atoms with E-state index in [1.54, 1.807) is 41.5 Å². The van der Waals surface area contributed by atoms with Gasteiger partial charge in [-0.25, -0.2) is 0 Å². The zero-order valence-corrected chi connectivity index (χ0v) is 15.0. The Hall–Kier alpha value is -1.49. The minimum Gasteiger partial charge on any atom is -0.461 e. The number of Topliss-reactive ketones (excluding diaryl/α,β-unsaturated/α-hetero) is 2. The topological polar surface area (TPSA) is 69.7 Å². The zero-order chi connectivity index (χ0) is 18.0. The van der Waals surface area contributed by atoms with E-state index in [0.717, 1.165) is 0 Å². The summed E-state index contributed by atoms with van der Waals surface area (Å²) >= 11 is 0. The quantitative estimate of drug-likeness (QED) is 0.409. The average molecular weight is 324 g/mol. The van der Waals surface area contributed by atoms with Crippen LogP contribution in [0, 0.1) is 17.8 Å². The molecular formula is C18H28O5. The Bertz CT molecular complexity index is 504. The number of ether oxygens (including phenoxy) is 2. The van der Waals surface area contributed by atoms with Gasteiger partial charge in [0.15, 0.2) is 17.2 Å². The molecule has 1 aliphatic heterocycles. The molecule has 0 aliphatic carbocycles. The van der Waals surface area contributed by atoms with Gasteiger partial charge < -0.3 is 9.47 Å². The third kappa shape index (κ3) is 3.71. The van der Waals surface area contributed by atoms with Crippen LogP contribution in [0.25, 0.3) is 0 Å². The summed E-state index contributed by atoms with van der Waals surface area (Å²) < 4.78 is 11.0. The smallest absolute Gasteiger partial charge is 0.317 e. The van der Waals surface area contributed by atoms with Crippen molar-refractivity contribution in [3.05, 3.63) is 12.7 Å². The molecule has 0 N–H and O–H groups in total. The Morgan fingerprint density at radius 2 is 1.87 bits per heavy atom. The Morgan fingerprint density at radius 3 is 2.22 bits per heavy atom. The molecule has 0 aromatic heterocycles. The maximum absolute atomic E-state index is 13.2. The molecule has 23 heavy (non-hydrogen) atoms. The van der Waals surface area contributed by atoms with Gasteiger partial charge in [-0.05, 0) is 25.7 Å². The van der Waals surface area contributed by atoms with Gasteiger partial charge in [0.1, 0.15) is 12.5 Å². The number of carbonyl (C=O) groups excluding carboxylic acids is 3. The molecule has 0 radical (unpaired) electrons. The van der Waals surface area contributed by atoms with E-state index in [0.29, 0.717) is 0 Å². The largest absolute Gasteiger partial charge is 0.461 e. The van der Waals surface area contributed by atoms with Gasteiger partial charge in [0.2, 0.25) is 0 Å². The van der Waals surface area contributed by atoms with E-state index < -0.39 is 28.9 Å². The van der Waals surface area contributed by atoms with Gasteiger partial charge in [0.25, 0.3) is 0 Å². The lowest BCUT2D eigenvalue weighted by atomic mass is 9.74. The van der Waals surface area contributed by atoms with E-state index in [9.17, 15) is 14.4 Å². The number of ketones is 2. The van der Waals surface area contributed by atoms with Gasteiger partial charge in [0, 0.05) is 6.42 Å². The Balaban J connectivity index is 3.25. The highest BCUT2D eigenvalue weighted by Crippen LogP contribution is 2.42. The third-order valence-electron chi connectivity index (χ3n) is 4.16. The van der Waals surface area contributed by atoms with Gasteiger partial charge in [-0.2, -0.15) is 0 Å². The second-order valence-electron chi connectivity index (χ2n) is 7.36. The maximum atomic E-state index is 13.2. The molecule has 0 spiro atoms. The fourth-order valence-electron chi connectivity index (χ4n) is 3.10. The molecule has 2 atom stereocenters. The summed E-state index contributed by atoms with van der Waals surface area (Å²) in [4.78, 5) is 38.1. The van der Waals surface area contributed by atoms with Crippen LogP contribution in [0.3, 0.4) is 0 Å². The molecule has 0 amide bonds. The Labute approximate surface area is 138 Å². The van der Waals surface area contributed by atoms with E-state index in [4.69, 9.17) is 9.47 Å². The average Bonchev–Trinajstić information content (AvgIpc) is 2.66. The normalized spacial score (nSPS) is 24.8. The Morgan fingerprint density at radius 1 is 1.30 bits per heavy atom. The first-order valence-corrected chi connectivity index (χ1v) is 8.05. The van der Waals surface area contributed by atoms with E-state index in [2.05, 4.69) is 6.58 Å². The Kier molecular flexibility index (Phi) is 5.91. The van der Waals surface area contributed by atoms with E-state index in [1.807, 2.05) is 0 Å². The highest BCUT2D eigenvalue weighted by Gasteiger charge is 2.61. The molecule has 0 aromatic carbocycles. The first-order valence-electron chi connectivity index (χ1n) is 8.05. The molecule has 1 rings (SSSR count). The summed E-state index contributed by atoms with van der Waals surface area (Å²) in [5.74, 6) is -3.08. The molecule has 0 bridgehead atoms. The summed E-state index contributed by atoms with van der Waals surface area (Å²) in [6.07, 6.45) is 1.60. The van der Waals surface area contributed by atoms with Crippen molar-refractivity contribution in [2.45, 2.75) is 59.2 Å². The van der Waals surface area contributed by atoms with Crippen LogP contribution in [0.4, 0.5) is 0 Å². The van der Waals surface area contributed by atoms with Crippen LogP contribution in [0.15, 0.2) is 12.7 Å². The van der Waals surface area contributed by atoms with Crippen LogP contribution < -0.4 is 0 Å². The second-order valence-corrected chi connectivity index (χ2v) is 7.36. The molecule has 5 heteroatoms. The van der Waals surface area contributed by atoms with Crippen molar-refractivity contribution < 1.29 is 23.9 Å². The fourth-order valence-corrected chi connectivity index (χ4v) is 3.10. The number of rotatable bonds is 7. The molecule has 5 nitrogen and oxygen atoms in total. The first kappa shape index (κ1) is 19.6. The number of hydrogen-bond acceptors (Lipinski definition) is 5. The lowest BCUT2D eigenvalue weighted by Gasteiger charge is -2.35. The van der Waals surface area contributed by atoms with Crippen LogP contribution in [0.5, 0.6) is 0 Å². The van der Waals surface area contributed by atoms with E-state index in [-0.39, 0.29) is 30.6 Å². The highest BCUT2D eigenvalue weighted by atomic mass is 16.5. The summed E-state index contributed by atoms with van der Waals surface area (Å²) in [6.45, 7) is 14.1. The zero-order valence-electron chi connectivity index (χ0n) is 15.0. The van der Waals surface area contributed by atoms with Crippen LogP contribution >= 0.6 is 0 Å². The van der Waals surface area contributed by atoms with Gasteiger partial charge in [-0.3, -0.25) is 14.4 Å². The molecule has 1 aliphatic rings. The summed E-state index contributed by atoms with van der Waals surface area (Å²) in [5, 5.41) is 0. The van der Waals surface area contributed by atoms with Gasteiger partial charge >= 0.3 is 5.97 Å². The van der Waals surface area contributed by atoms with Gasteiger partial charge in [0.05, 0.1) is 5.60 Å². The van der Waals surface area contributed by atoms with Crippen molar-refractivity contribution in [3.8, 4) is 0 Å². The summed E-state index contributed by atoms with van der Waals surface area (Å²) in [6, 6.07) is 0. The third-order valence-corrected chi connectivity index (χ3v) is 4.16. The molecule has 1 heterocycles. The van der Waals surface area contributed by atoms with Crippen molar-refractivity contribution in [2.24, 2.45) is 17.8 Å². The van der Waals surface area contributed by atoms with Crippen molar-refractivity contribution in [1.82, 2.24) is 0 Å². The molecule has 1 fully saturated rings. The van der Waals surface area contributed by atoms with Crippen LogP contribution in [0.2, 0.25) is 0 Å². The van der Waals surface area contributed by atoms with Crippen molar-refractivity contribution in [3.63, 3.8) is 0 Å².